The molecule has 0 unspecified atom stereocenters. The summed E-state index contributed by atoms with van der Waals surface area (Å²) >= 11 is 0. The van der Waals surface area contributed by atoms with Crippen molar-refractivity contribution in [2.75, 3.05) is 31.1 Å². The Balaban J connectivity index is 1.62. The maximum Gasteiger partial charge on any atom is 0.254 e. The summed E-state index contributed by atoms with van der Waals surface area (Å²) in [7, 11) is -3.11. The van der Waals surface area contributed by atoms with Gasteiger partial charge in [0.2, 0.25) is 0 Å². The van der Waals surface area contributed by atoms with Crippen molar-refractivity contribution < 1.29 is 13.2 Å². The molecule has 2 atom stereocenters. The standard InChI is InChI=1S/C19H25N3O3S/c1-13(2)10-21-7-8-22(18-12-26(24,25)11-17(18)21)19(23)15-3-4-16-14(9-15)5-6-20-16/h3-6,9,13,17-18,20H,7-8,10-12H2,1-2H3/t17-,18+/m1/s1. The number of H-pyrrole nitrogens is 1. The van der Waals surface area contributed by atoms with Gasteiger partial charge in [-0.05, 0) is 30.2 Å². The molecule has 2 saturated heterocycles. The van der Waals surface area contributed by atoms with Crippen LogP contribution < -0.4 is 0 Å². The minimum atomic E-state index is -3.11. The molecule has 4 rings (SSSR count). The minimum absolute atomic E-state index is 0.0654. The fourth-order valence-electron chi connectivity index (χ4n) is 4.32. The molecule has 0 bridgehead atoms. The molecule has 1 aromatic heterocycles. The van der Waals surface area contributed by atoms with Crippen LogP contribution in [-0.2, 0) is 9.84 Å². The number of fused-ring (bicyclic) bond motifs is 2. The van der Waals surface area contributed by atoms with Crippen LogP contribution in [0.15, 0.2) is 30.5 Å². The Morgan fingerprint density at radius 2 is 1.96 bits per heavy atom. The molecule has 1 amide bonds. The number of aromatic nitrogens is 1. The molecule has 7 heteroatoms. The predicted molar refractivity (Wildman–Crippen MR) is 102 cm³/mol. The van der Waals surface area contributed by atoms with Crippen LogP contribution in [0.2, 0.25) is 0 Å². The number of aromatic amines is 1. The Morgan fingerprint density at radius 1 is 1.19 bits per heavy atom. The molecule has 26 heavy (non-hydrogen) atoms. The minimum Gasteiger partial charge on any atom is -0.361 e. The summed E-state index contributed by atoms with van der Waals surface area (Å²) in [5.74, 6) is 0.636. The Hall–Kier alpha value is -1.86. The predicted octanol–water partition coefficient (Wildman–Crippen LogP) is 1.75. The van der Waals surface area contributed by atoms with Gasteiger partial charge in [-0.1, -0.05) is 13.8 Å². The van der Waals surface area contributed by atoms with Gasteiger partial charge in [-0.3, -0.25) is 9.69 Å². The van der Waals surface area contributed by atoms with E-state index in [2.05, 4.69) is 23.7 Å². The van der Waals surface area contributed by atoms with Crippen molar-refractivity contribution >= 4 is 26.6 Å². The first-order chi connectivity index (χ1) is 12.3. The average molecular weight is 375 g/mol. The van der Waals surface area contributed by atoms with Gasteiger partial charge in [0, 0.05) is 48.3 Å². The summed E-state index contributed by atoms with van der Waals surface area (Å²) in [6, 6.07) is 7.21. The van der Waals surface area contributed by atoms with Gasteiger partial charge in [0.25, 0.3) is 5.91 Å². The number of piperazine rings is 1. The van der Waals surface area contributed by atoms with E-state index in [0.29, 0.717) is 18.0 Å². The monoisotopic (exact) mass is 375 g/mol. The highest BCUT2D eigenvalue weighted by Crippen LogP contribution is 2.29. The van der Waals surface area contributed by atoms with Crippen molar-refractivity contribution in [3.63, 3.8) is 0 Å². The van der Waals surface area contributed by atoms with E-state index in [1.807, 2.05) is 30.5 Å². The molecule has 1 N–H and O–H groups in total. The third-order valence-corrected chi connectivity index (χ3v) is 7.15. The SMILES string of the molecule is CC(C)CN1CCN(C(=O)c2ccc3[nH]ccc3c2)[C@H]2CS(=O)(=O)C[C@H]21. The first kappa shape index (κ1) is 17.5. The summed E-state index contributed by atoms with van der Waals surface area (Å²) < 4.78 is 24.6. The van der Waals surface area contributed by atoms with Crippen molar-refractivity contribution in [1.82, 2.24) is 14.8 Å². The van der Waals surface area contributed by atoms with Gasteiger partial charge in [0.15, 0.2) is 9.84 Å². The third-order valence-electron chi connectivity index (χ3n) is 5.45. The van der Waals surface area contributed by atoms with E-state index in [9.17, 15) is 13.2 Å². The number of benzene rings is 1. The highest BCUT2D eigenvalue weighted by molar-refractivity contribution is 7.91. The van der Waals surface area contributed by atoms with E-state index in [1.165, 1.54) is 0 Å². The van der Waals surface area contributed by atoms with Crippen LogP contribution in [0.3, 0.4) is 0 Å². The molecule has 3 heterocycles. The Kier molecular flexibility index (Phi) is 4.31. The zero-order valence-electron chi connectivity index (χ0n) is 15.2. The van der Waals surface area contributed by atoms with Crippen LogP contribution in [0, 0.1) is 5.92 Å². The van der Waals surface area contributed by atoms with Crippen LogP contribution >= 0.6 is 0 Å². The van der Waals surface area contributed by atoms with Gasteiger partial charge in [-0.2, -0.15) is 0 Å². The highest BCUT2D eigenvalue weighted by Gasteiger charge is 2.48. The van der Waals surface area contributed by atoms with E-state index < -0.39 is 9.84 Å². The zero-order valence-corrected chi connectivity index (χ0v) is 16.0. The summed E-state index contributed by atoms with van der Waals surface area (Å²) in [6.45, 7) is 6.46. The fraction of sp³-hybridized carbons (Fsp3) is 0.526. The van der Waals surface area contributed by atoms with Crippen LogP contribution in [0.5, 0.6) is 0 Å². The van der Waals surface area contributed by atoms with Crippen molar-refractivity contribution in [3.8, 4) is 0 Å². The fourth-order valence-corrected chi connectivity index (χ4v) is 6.34. The topological polar surface area (TPSA) is 73.5 Å². The third kappa shape index (κ3) is 3.14. The number of rotatable bonds is 3. The lowest BCUT2D eigenvalue weighted by molar-refractivity contribution is 0.0297. The maximum absolute atomic E-state index is 13.2. The van der Waals surface area contributed by atoms with Crippen LogP contribution in [0.1, 0.15) is 24.2 Å². The van der Waals surface area contributed by atoms with E-state index in [0.717, 1.165) is 24.0 Å². The molecule has 0 radical (unpaired) electrons. The first-order valence-corrected chi connectivity index (χ1v) is 11.0. The molecular weight excluding hydrogens is 350 g/mol. The molecule has 6 nitrogen and oxygen atoms in total. The Morgan fingerprint density at radius 3 is 2.73 bits per heavy atom. The van der Waals surface area contributed by atoms with Crippen LogP contribution in [0.25, 0.3) is 10.9 Å². The van der Waals surface area contributed by atoms with Gasteiger partial charge in [-0.25, -0.2) is 8.42 Å². The number of carbonyl (C=O) groups is 1. The van der Waals surface area contributed by atoms with E-state index in [1.54, 1.807) is 4.90 Å². The van der Waals surface area contributed by atoms with Crippen molar-refractivity contribution in [1.29, 1.82) is 0 Å². The normalized spacial score (nSPS) is 25.7. The number of sulfone groups is 1. The molecule has 2 aromatic rings. The molecular formula is C19H25N3O3S. The lowest BCUT2D eigenvalue weighted by Gasteiger charge is -2.44. The van der Waals surface area contributed by atoms with Crippen LogP contribution in [-0.4, -0.2) is 72.3 Å². The van der Waals surface area contributed by atoms with Gasteiger partial charge < -0.3 is 9.88 Å². The van der Waals surface area contributed by atoms with E-state index in [-0.39, 0.29) is 29.5 Å². The molecule has 0 spiro atoms. The van der Waals surface area contributed by atoms with Crippen molar-refractivity contribution in [2.45, 2.75) is 25.9 Å². The number of amides is 1. The average Bonchev–Trinajstić information content (AvgIpc) is 3.16. The molecule has 140 valence electrons. The van der Waals surface area contributed by atoms with Crippen molar-refractivity contribution in [3.05, 3.63) is 36.0 Å². The van der Waals surface area contributed by atoms with Gasteiger partial charge in [-0.15, -0.1) is 0 Å². The Bertz CT molecular complexity index is 934. The van der Waals surface area contributed by atoms with E-state index in [4.69, 9.17) is 0 Å². The molecule has 2 fully saturated rings. The Labute approximate surface area is 154 Å². The van der Waals surface area contributed by atoms with Gasteiger partial charge >= 0.3 is 0 Å². The summed E-state index contributed by atoms with van der Waals surface area (Å²) in [4.78, 5) is 20.3. The number of hydrogen-bond acceptors (Lipinski definition) is 4. The lowest BCUT2D eigenvalue weighted by Crippen LogP contribution is -2.61. The number of carbonyl (C=O) groups excluding carboxylic acids is 1. The molecule has 0 aliphatic carbocycles. The summed E-state index contributed by atoms with van der Waals surface area (Å²) in [5.41, 5.74) is 1.61. The first-order valence-electron chi connectivity index (χ1n) is 9.16. The second-order valence-corrected chi connectivity index (χ2v) is 10.0. The summed E-state index contributed by atoms with van der Waals surface area (Å²) in [6.07, 6.45) is 1.85. The van der Waals surface area contributed by atoms with Crippen molar-refractivity contribution in [2.24, 2.45) is 5.92 Å². The summed E-state index contributed by atoms with van der Waals surface area (Å²) in [5, 5.41) is 0.991. The van der Waals surface area contributed by atoms with Gasteiger partial charge in [0.05, 0.1) is 17.5 Å². The lowest BCUT2D eigenvalue weighted by atomic mass is 10.0. The quantitative estimate of drug-likeness (QED) is 0.887. The van der Waals surface area contributed by atoms with Gasteiger partial charge in [0.1, 0.15) is 0 Å². The molecule has 0 saturated carbocycles. The maximum atomic E-state index is 13.2. The van der Waals surface area contributed by atoms with E-state index >= 15 is 0 Å². The van der Waals surface area contributed by atoms with Crippen LogP contribution in [0.4, 0.5) is 0 Å². The second-order valence-electron chi connectivity index (χ2n) is 7.88. The largest absolute Gasteiger partial charge is 0.361 e. The second kappa shape index (κ2) is 6.39. The molecule has 1 aromatic carbocycles. The number of nitrogens with zero attached hydrogens (tertiary/aromatic N) is 2. The number of hydrogen-bond donors (Lipinski definition) is 1. The smallest absolute Gasteiger partial charge is 0.254 e. The molecule has 2 aliphatic heterocycles. The number of nitrogens with one attached hydrogen (secondary N) is 1. The molecule has 2 aliphatic rings. The zero-order chi connectivity index (χ0) is 18.5. The highest BCUT2D eigenvalue weighted by atomic mass is 32.2.